The van der Waals surface area contributed by atoms with Gasteiger partial charge in [0.2, 0.25) is 14.9 Å². The minimum absolute atomic E-state index is 1.25. The summed E-state index contributed by atoms with van der Waals surface area (Å²) in [5.74, 6) is -15.2. The Bertz CT molecular complexity index is 731. The van der Waals surface area contributed by atoms with Gasteiger partial charge in [-0.2, -0.15) is 0 Å². The van der Waals surface area contributed by atoms with E-state index in [0.717, 1.165) is 0 Å². The lowest BCUT2D eigenvalue weighted by Gasteiger charge is -2.08. The van der Waals surface area contributed by atoms with Gasteiger partial charge in [0.05, 0.1) is 11.5 Å². The predicted molar refractivity (Wildman–Crippen MR) is 57.9 cm³/mol. The second-order valence-corrected chi connectivity index (χ2v) is 8.40. The van der Waals surface area contributed by atoms with E-state index in [1.54, 1.807) is 0 Å². The Morgan fingerprint density at radius 1 is 0.700 bits per heavy atom. The highest BCUT2D eigenvalue weighted by Crippen LogP contribution is 2.27. The molecule has 0 spiro atoms. The molecule has 0 aromatic heterocycles. The van der Waals surface area contributed by atoms with E-state index in [0.29, 0.717) is 0 Å². The van der Waals surface area contributed by atoms with Crippen molar-refractivity contribution < 1.29 is 38.8 Å². The van der Waals surface area contributed by atoms with Crippen molar-refractivity contribution in [3.63, 3.8) is 0 Å². The molecule has 20 heavy (non-hydrogen) atoms. The quantitative estimate of drug-likeness (QED) is 0.270. The molecule has 0 unspecified atom stereocenters. The van der Waals surface area contributed by atoms with Gasteiger partial charge in [-0.15, -0.1) is 0 Å². The molecule has 0 saturated carbocycles. The summed E-state index contributed by atoms with van der Waals surface area (Å²) < 4.78 is 109. The molecule has 0 fully saturated rings. The van der Waals surface area contributed by atoms with Crippen LogP contribution in [-0.2, 0) is 18.9 Å². The fraction of sp³-hybridized carbons (Fsp3) is 0.250. The maximum atomic E-state index is 13.2. The molecule has 1 aromatic carbocycles. The van der Waals surface area contributed by atoms with Gasteiger partial charge >= 0.3 is 0 Å². The van der Waals surface area contributed by atoms with E-state index < -0.39 is 64.4 Å². The fourth-order valence-corrected chi connectivity index (χ4v) is 4.34. The van der Waals surface area contributed by atoms with E-state index in [1.165, 1.54) is 0 Å². The summed E-state index contributed by atoms with van der Waals surface area (Å²) in [6.45, 7) is 0. The minimum Gasteiger partial charge on any atom is -0.223 e. The average Bonchev–Trinajstić information content (AvgIpc) is 2.31. The maximum absolute atomic E-state index is 13.2. The first-order valence-corrected chi connectivity index (χ1v) is 8.68. The largest absolute Gasteiger partial charge is 0.233 e. The molecule has 0 heterocycles. The van der Waals surface area contributed by atoms with Crippen LogP contribution in [0.5, 0.6) is 0 Å². The highest BCUT2D eigenvalue weighted by molar-refractivity contribution is 8.14. The van der Waals surface area contributed by atoms with Gasteiger partial charge in [0.15, 0.2) is 33.1 Å². The molecular formula is C8H4ClF5O4S2. The third-order valence-electron chi connectivity index (χ3n) is 2.08. The Morgan fingerprint density at radius 2 is 1.05 bits per heavy atom. The summed E-state index contributed by atoms with van der Waals surface area (Å²) in [7, 11) is -4.70. The second-order valence-electron chi connectivity index (χ2n) is 3.46. The molecule has 0 radical (unpaired) electrons. The van der Waals surface area contributed by atoms with Crippen LogP contribution in [-0.4, -0.2) is 28.3 Å². The topological polar surface area (TPSA) is 68.3 Å². The first-order valence-electron chi connectivity index (χ1n) is 4.55. The van der Waals surface area contributed by atoms with Gasteiger partial charge in [0.25, 0.3) is 0 Å². The van der Waals surface area contributed by atoms with Crippen molar-refractivity contribution in [3.05, 3.63) is 29.1 Å². The van der Waals surface area contributed by atoms with Crippen molar-refractivity contribution in [2.45, 2.75) is 4.90 Å². The maximum Gasteiger partial charge on any atom is 0.233 e. The zero-order valence-corrected chi connectivity index (χ0v) is 11.5. The molecule has 12 heteroatoms. The summed E-state index contributed by atoms with van der Waals surface area (Å²) in [6.07, 6.45) is 0. The van der Waals surface area contributed by atoms with Gasteiger partial charge in [0, 0.05) is 10.7 Å². The summed E-state index contributed by atoms with van der Waals surface area (Å²) in [4.78, 5) is -2.09. The van der Waals surface area contributed by atoms with Gasteiger partial charge < -0.3 is 0 Å². The summed E-state index contributed by atoms with van der Waals surface area (Å²) in [5.41, 5.74) is 0. The van der Waals surface area contributed by atoms with Crippen molar-refractivity contribution in [1.29, 1.82) is 0 Å². The standard InChI is InChI=1S/C8H4ClF5O4S2/c9-20(17,18)2-1-19(15,16)8-6(13)4(11)3(10)5(12)7(8)14/h1-2H2. The molecule has 0 aliphatic carbocycles. The Labute approximate surface area is 114 Å². The lowest BCUT2D eigenvalue weighted by molar-refractivity contribution is 0.358. The first-order chi connectivity index (χ1) is 8.88. The van der Waals surface area contributed by atoms with Crippen LogP contribution < -0.4 is 0 Å². The number of hydrogen-bond donors (Lipinski definition) is 0. The van der Waals surface area contributed by atoms with Gasteiger partial charge in [-0.3, -0.25) is 0 Å². The van der Waals surface area contributed by atoms with Crippen LogP contribution >= 0.6 is 10.7 Å². The van der Waals surface area contributed by atoms with Crippen LogP contribution in [0.2, 0.25) is 0 Å². The van der Waals surface area contributed by atoms with Crippen LogP contribution in [0.3, 0.4) is 0 Å². The molecule has 1 aromatic rings. The summed E-state index contributed by atoms with van der Waals surface area (Å²) in [6, 6.07) is 0. The van der Waals surface area contributed by atoms with Gasteiger partial charge in [0.1, 0.15) is 4.90 Å². The van der Waals surface area contributed by atoms with Crippen molar-refractivity contribution in [2.75, 3.05) is 11.5 Å². The lowest BCUT2D eigenvalue weighted by atomic mass is 10.3. The van der Waals surface area contributed by atoms with Crippen LogP contribution in [0, 0.1) is 29.1 Å². The third-order valence-corrected chi connectivity index (χ3v) is 5.21. The number of benzene rings is 1. The highest BCUT2D eigenvalue weighted by Gasteiger charge is 2.33. The summed E-state index contributed by atoms with van der Waals surface area (Å²) >= 11 is 0. The van der Waals surface area contributed by atoms with Crippen molar-refractivity contribution in [1.82, 2.24) is 0 Å². The molecular weight excluding hydrogens is 355 g/mol. The SMILES string of the molecule is O=S(=O)(Cl)CCS(=O)(=O)c1c(F)c(F)c(F)c(F)c1F. The number of halogens is 6. The monoisotopic (exact) mass is 358 g/mol. The van der Waals surface area contributed by atoms with Gasteiger partial charge in [-0.25, -0.2) is 38.8 Å². The van der Waals surface area contributed by atoms with Crippen molar-refractivity contribution >= 4 is 29.6 Å². The van der Waals surface area contributed by atoms with Crippen molar-refractivity contribution in [3.8, 4) is 0 Å². The third kappa shape index (κ3) is 3.38. The van der Waals surface area contributed by atoms with E-state index in [-0.39, 0.29) is 0 Å². The van der Waals surface area contributed by atoms with Crippen LogP contribution in [0.25, 0.3) is 0 Å². The van der Waals surface area contributed by atoms with Gasteiger partial charge in [-0.05, 0) is 0 Å². The van der Waals surface area contributed by atoms with Crippen LogP contribution in [0.15, 0.2) is 4.90 Å². The molecule has 0 aliphatic heterocycles. The van der Waals surface area contributed by atoms with Gasteiger partial charge in [-0.1, -0.05) is 0 Å². The predicted octanol–water partition coefficient (Wildman–Crippen LogP) is 1.72. The Balaban J connectivity index is 3.48. The fourth-order valence-electron chi connectivity index (χ4n) is 1.17. The van der Waals surface area contributed by atoms with E-state index >= 15 is 0 Å². The minimum atomic E-state index is -5.08. The number of rotatable bonds is 4. The molecule has 4 nitrogen and oxygen atoms in total. The smallest absolute Gasteiger partial charge is 0.223 e. The molecule has 0 amide bonds. The molecule has 1 rings (SSSR count). The van der Waals surface area contributed by atoms with E-state index in [9.17, 15) is 38.8 Å². The highest BCUT2D eigenvalue weighted by atomic mass is 35.7. The van der Waals surface area contributed by atoms with Crippen LogP contribution in [0.1, 0.15) is 0 Å². The Hall–Kier alpha value is -0.940. The molecule has 0 bridgehead atoms. The number of hydrogen-bond acceptors (Lipinski definition) is 4. The van der Waals surface area contributed by atoms with E-state index in [1.807, 2.05) is 0 Å². The molecule has 0 aliphatic rings. The average molecular weight is 359 g/mol. The normalized spacial score (nSPS) is 12.7. The Kier molecular flexibility index (Phi) is 4.66. The Morgan fingerprint density at radius 3 is 1.40 bits per heavy atom. The zero-order valence-electron chi connectivity index (χ0n) is 9.13. The lowest BCUT2D eigenvalue weighted by Crippen LogP contribution is -2.19. The first kappa shape index (κ1) is 17.1. The molecule has 114 valence electrons. The molecule has 0 N–H and O–H groups in total. The van der Waals surface area contributed by atoms with Crippen LogP contribution in [0.4, 0.5) is 22.0 Å². The van der Waals surface area contributed by atoms with E-state index in [4.69, 9.17) is 10.7 Å². The van der Waals surface area contributed by atoms with Crippen molar-refractivity contribution in [2.24, 2.45) is 0 Å². The molecule has 0 atom stereocenters. The number of sulfone groups is 1. The second kappa shape index (κ2) is 5.45. The summed E-state index contributed by atoms with van der Waals surface area (Å²) in [5, 5.41) is 0. The molecule has 0 saturated heterocycles. The van der Waals surface area contributed by atoms with E-state index in [2.05, 4.69) is 0 Å². The zero-order chi connectivity index (χ0) is 15.9.